The Morgan fingerprint density at radius 2 is 1.69 bits per heavy atom. The van der Waals surface area contributed by atoms with Gasteiger partial charge in [0.25, 0.3) is 0 Å². The molecule has 0 aliphatic carbocycles. The summed E-state index contributed by atoms with van der Waals surface area (Å²) >= 11 is 13.4. The van der Waals surface area contributed by atoms with E-state index in [0.717, 1.165) is 0 Å². The van der Waals surface area contributed by atoms with Gasteiger partial charge in [0, 0.05) is 14.8 Å². The Balaban J connectivity index is 3.50. The first kappa shape index (κ1) is 14.5. The minimum atomic E-state index is 0.473. The highest BCUT2D eigenvalue weighted by molar-refractivity contribution is 9.11. The van der Waals surface area contributed by atoms with E-state index in [0.29, 0.717) is 17.7 Å². The minimum Gasteiger partial charge on any atom is -0.121 e. The summed E-state index contributed by atoms with van der Waals surface area (Å²) in [4.78, 5) is 0. The lowest BCUT2D eigenvalue weighted by Crippen LogP contribution is -2.02. The zero-order valence-electron chi connectivity index (χ0n) is 10.1. The molecule has 0 aliphatic rings. The van der Waals surface area contributed by atoms with Gasteiger partial charge >= 0.3 is 0 Å². The maximum Gasteiger partial charge on any atom is 0.0488 e. The summed E-state index contributed by atoms with van der Waals surface area (Å²) in [5.74, 6) is 1.52. The van der Waals surface area contributed by atoms with Crippen LogP contribution in [0.3, 0.4) is 0 Å². The molecule has 0 heterocycles. The molecule has 0 aliphatic heterocycles. The van der Waals surface area contributed by atoms with Gasteiger partial charge in [-0.05, 0) is 34.6 Å². The summed E-state index contributed by atoms with van der Waals surface area (Å²) in [6.45, 7) is 8.77. The Hall–Kier alpha value is 0.470. The van der Waals surface area contributed by atoms with Gasteiger partial charge in [-0.1, -0.05) is 59.6 Å². The maximum absolute atomic E-state index is 6.08. The highest BCUT2D eigenvalue weighted by Gasteiger charge is 2.18. The molecule has 16 heavy (non-hydrogen) atoms. The van der Waals surface area contributed by atoms with Crippen LogP contribution in [0.4, 0.5) is 0 Å². The van der Waals surface area contributed by atoms with Crippen molar-refractivity contribution < 1.29 is 0 Å². The summed E-state index contributed by atoms with van der Waals surface area (Å²) in [7, 11) is 0. The molecule has 0 aromatic heterocycles. The molecule has 90 valence electrons. The van der Waals surface area contributed by atoms with Crippen molar-refractivity contribution in [1.29, 1.82) is 0 Å². The first-order chi connectivity index (χ1) is 7.40. The van der Waals surface area contributed by atoms with Gasteiger partial charge in [0.2, 0.25) is 0 Å². The molecule has 0 radical (unpaired) electrons. The van der Waals surface area contributed by atoms with Crippen LogP contribution in [-0.2, 0) is 5.88 Å². The smallest absolute Gasteiger partial charge is 0.0488 e. The molecule has 0 unspecified atom stereocenters. The van der Waals surface area contributed by atoms with Crippen molar-refractivity contribution in [2.45, 2.75) is 45.4 Å². The van der Waals surface area contributed by atoms with Gasteiger partial charge in [-0.3, -0.25) is 0 Å². The largest absolute Gasteiger partial charge is 0.121 e. The van der Waals surface area contributed by atoms with E-state index < -0.39 is 0 Å². The van der Waals surface area contributed by atoms with Gasteiger partial charge in [-0.2, -0.15) is 0 Å². The average molecular weight is 369 g/mol. The molecule has 0 nitrogen and oxygen atoms in total. The van der Waals surface area contributed by atoms with Crippen molar-refractivity contribution in [1.82, 2.24) is 0 Å². The normalized spacial score (nSPS) is 11.6. The molecule has 3 heteroatoms. The summed E-state index contributed by atoms with van der Waals surface area (Å²) in [5, 5.41) is 0. The molecule has 0 bridgehead atoms. The summed E-state index contributed by atoms with van der Waals surface area (Å²) in [5.41, 5.74) is 3.84. The second-order valence-electron chi connectivity index (χ2n) is 4.60. The molecule has 0 spiro atoms. The van der Waals surface area contributed by atoms with E-state index in [4.69, 9.17) is 11.6 Å². The SMILES string of the molecule is CC(C)c1cc(Br)c(C(C)C)c(CCl)c1Br. The Morgan fingerprint density at radius 3 is 2.06 bits per heavy atom. The standard InChI is InChI=1S/C13H17Br2Cl/c1-7(2)9-5-11(14)12(8(3)4)10(6-16)13(9)15/h5,7-8H,6H2,1-4H3. The van der Waals surface area contributed by atoms with Crippen molar-refractivity contribution >= 4 is 43.5 Å². The molecule has 0 amide bonds. The summed E-state index contributed by atoms with van der Waals surface area (Å²) in [6.07, 6.45) is 0. The van der Waals surface area contributed by atoms with Crippen molar-refractivity contribution in [3.63, 3.8) is 0 Å². The van der Waals surface area contributed by atoms with Crippen LogP contribution in [0.5, 0.6) is 0 Å². The second kappa shape index (κ2) is 5.88. The van der Waals surface area contributed by atoms with Crippen molar-refractivity contribution in [3.8, 4) is 0 Å². The fraction of sp³-hybridized carbons (Fsp3) is 0.538. The third kappa shape index (κ3) is 2.83. The van der Waals surface area contributed by atoms with Gasteiger partial charge in [0.05, 0.1) is 0 Å². The molecule has 0 saturated carbocycles. The third-order valence-corrected chi connectivity index (χ3v) is 4.58. The van der Waals surface area contributed by atoms with E-state index in [1.807, 2.05) is 0 Å². The van der Waals surface area contributed by atoms with Gasteiger partial charge in [0.1, 0.15) is 0 Å². The Morgan fingerprint density at radius 1 is 1.12 bits per heavy atom. The number of benzene rings is 1. The average Bonchev–Trinajstić information content (AvgIpc) is 2.19. The highest BCUT2D eigenvalue weighted by Crippen LogP contribution is 2.39. The van der Waals surface area contributed by atoms with Crippen LogP contribution in [0.15, 0.2) is 15.0 Å². The molecule has 1 aromatic carbocycles. The number of rotatable bonds is 3. The lowest BCUT2D eigenvalue weighted by molar-refractivity contribution is 0.821. The Kier molecular flexibility index (Phi) is 5.34. The van der Waals surface area contributed by atoms with E-state index >= 15 is 0 Å². The van der Waals surface area contributed by atoms with E-state index in [1.165, 1.54) is 25.6 Å². The van der Waals surface area contributed by atoms with E-state index in [1.54, 1.807) is 0 Å². The number of halogens is 3. The van der Waals surface area contributed by atoms with Gasteiger partial charge in [0.15, 0.2) is 0 Å². The lowest BCUT2D eigenvalue weighted by atomic mass is 9.93. The Labute approximate surface area is 120 Å². The number of alkyl halides is 1. The van der Waals surface area contributed by atoms with Crippen LogP contribution >= 0.6 is 43.5 Å². The van der Waals surface area contributed by atoms with E-state index in [9.17, 15) is 0 Å². The first-order valence-electron chi connectivity index (χ1n) is 5.46. The second-order valence-corrected chi connectivity index (χ2v) is 6.51. The van der Waals surface area contributed by atoms with Crippen LogP contribution in [0.1, 0.15) is 56.2 Å². The number of hydrogen-bond donors (Lipinski definition) is 0. The van der Waals surface area contributed by atoms with Crippen LogP contribution in [0.2, 0.25) is 0 Å². The molecular weight excluding hydrogens is 351 g/mol. The number of hydrogen-bond acceptors (Lipinski definition) is 0. The van der Waals surface area contributed by atoms with Crippen LogP contribution in [0, 0.1) is 0 Å². The van der Waals surface area contributed by atoms with Crippen molar-refractivity contribution in [2.24, 2.45) is 0 Å². The molecule has 1 aromatic rings. The quantitative estimate of drug-likeness (QED) is 0.557. The Bertz CT molecular complexity index is 384. The van der Waals surface area contributed by atoms with Crippen LogP contribution < -0.4 is 0 Å². The van der Waals surface area contributed by atoms with Crippen molar-refractivity contribution in [3.05, 3.63) is 31.7 Å². The maximum atomic E-state index is 6.08. The zero-order valence-corrected chi connectivity index (χ0v) is 14.0. The van der Waals surface area contributed by atoms with Gasteiger partial charge in [-0.15, -0.1) is 11.6 Å². The molecule has 0 N–H and O–H groups in total. The van der Waals surface area contributed by atoms with E-state index in [-0.39, 0.29) is 0 Å². The topological polar surface area (TPSA) is 0 Å². The lowest BCUT2D eigenvalue weighted by Gasteiger charge is -2.20. The fourth-order valence-corrected chi connectivity index (χ4v) is 4.20. The molecular formula is C13H17Br2Cl. The van der Waals surface area contributed by atoms with Crippen LogP contribution in [0.25, 0.3) is 0 Å². The van der Waals surface area contributed by atoms with Gasteiger partial charge < -0.3 is 0 Å². The summed E-state index contributed by atoms with van der Waals surface area (Å²) in [6, 6.07) is 2.21. The molecule has 0 atom stereocenters. The minimum absolute atomic E-state index is 0.473. The predicted octanol–water partition coefficient (Wildman–Crippen LogP) is 6.20. The van der Waals surface area contributed by atoms with Crippen molar-refractivity contribution in [2.75, 3.05) is 0 Å². The van der Waals surface area contributed by atoms with E-state index in [2.05, 4.69) is 65.6 Å². The first-order valence-corrected chi connectivity index (χ1v) is 7.58. The summed E-state index contributed by atoms with van der Waals surface area (Å²) < 4.78 is 2.34. The monoisotopic (exact) mass is 366 g/mol. The molecule has 1 rings (SSSR count). The van der Waals surface area contributed by atoms with Gasteiger partial charge in [-0.25, -0.2) is 0 Å². The highest BCUT2D eigenvalue weighted by atomic mass is 79.9. The predicted molar refractivity (Wildman–Crippen MR) is 79.6 cm³/mol. The zero-order chi connectivity index (χ0) is 12.5. The van der Waals surface area contributed by atoms with Crippen LogP contribution in [-0.4, -0.2) is 0 Å². The fourth-order valence-electron chi connectivity index (χ4n) is 1.89. The molecule has 0 fully saturated rings. The third-order valence-electron chi connectivity index (χ3n) is 2.72. The molecule has 0 saturated heterocycles.